The summed E-state index contributed by atoms with van der Waals surface area (Å²) in [4.78, 5) is 12.4. The first kappa shape index (κ1) is 18.4. The first-order chi connectivity index (χ1) is 11.2. The summed E-state index contributed by atoms with van der Waals surface area (Å²) < 4.78 is 6.92. The molecule has 0 spiro atoms. The third-order valence-electron chi connectivity index (χ3n) is 5.93. The van der Waals surface area contributed by atoms with E-state index in [4.69, 9.17) is 4.43 Å². The molecular formula is C20H32O2Si. The van der Waals surface area contributed by atoms with Crippen LogP contribution in [-0.4, -0.2) is 14.6 Å². The molecule has 1 aromatic rings. The maximum absolute atomic E-state index is 12.4. The van der Waals surface area contributed by atoms with Gasteiger partial charge in [-0.1, -0.05) is 70.4 Å². The van der Waals surface area contributed by atoms with E-state index in [9.17, 15) is 4.79 Å². The number of carbonyl (C=O) groups is 1. The quantitative estimate of drug-likeness (QED) is 0.452. The Hall–Kier alpha value is -0.933. The Morgan fingerprint density at radius 3 is 2.09 bits per heavy atom. The van der Waals surface area contributed by atoms with Gasteiger partial charge in [-0.15, -0.1) is 0 Å². The van der Waals surface area contributed by atoms with Crippen LogP contribution in [0.25, 0.3) is 0 Å². The van der Waals surface area contributed by atoms with Gasteiger partial charge in [-0.2, -0.15) is 0 Å². The van der Waals surface area contributed by atoms with Crippen LogP contribution in [0.15, 0.2) is 30.3 Å². The number of benzene rings is 1. The van der Waals surface area contributed by atoms with Crippen LogP contribution in [-0.2, 0) is 14.8 Å². The lowest BCUT2D eigenvalue weighted by molar-refractivity contribution is -0.130. The van der Waals surface area contributed by atoms with Crippen molar-refractivity contribution in [2.45, 2.75) is 76.6 Å². The van der Waals surface area contributed by atoms with Gasteiger partial charge in [0.05, 0.1) is 0 Å². The molecule has 2 nitrogen and oxygen atoms in total. The van der Waals surface area contributed by atoms with Crippen molar-refractivity contribution in [1.82, 2.24) is 0 Å². The van der Waals surface area contributed by atoms with E-state index in [0.717, 1.165) is 42.8 Å². The molecular weight excluding hydrogens is 300 g/mol. The molecule has 0 bridgehead atoms. The smallest absolute Gasteiger partial charge is 0.193 e. The normalized spacial score (nSPS) is 19.3. The Morgan fingerprint density at radius 2 is 1.61 bits per heavy atom. The lowest BCUT2D eigenvalue weighted by atomic mass is 9.74. The van der Waals surface area contributed by atoms with Crippen LogP contribution in [0.2, 0.25) is 18.1 Å². The summed E-state index contributed by atoms with van der Waals surface area (Å²) in [5.74, 6) is 0.327. The second kappa shape index (κ2) is 8.25. The van der Waals surface area contributed by atoms with Crippen molar-refractivity contribution < 1.29 is 9.22 Å². The highest BCUT2D eigenvalue weighted by Crippen LogP contribution is 2.44. The van der Waals surface area contributed by atoms with Crippen molar-refractivity contribution in [3.8, 4) is 0 Å². The van der Waals surface area contributed by atoms with Gasteiger partial charge in [0.25, 0.3) is 0 Å². The Labute approximate surface area is 142 Å². The minimum absolute atomic E-state index is 0.327. The number of hydrogen-bond acceptors (Lipinski definition) is 2. The zero-order chi connectivity index (χ0) is 16.8. The van der Waals surface area contributed by atoms with Crippen molar-refractivity contribution >= 4 is 14.6 Å². The largest absolute Gasteiger partial charge is 0.401 e. The average Bonchev–Trinajstić information content (AvgIpc) is 2.65. The van der Waals surface area contributed by atoms with E-state index in [1.54, 1.807) is 0 Å². The van der Waals surface area contributed by atoms with Gasteiger partial charge >= 0.3 is 0 Å². The van der Waals surface area contributed by atoms with Gasteiger partial charge < -0.3 is 4.43 Å². The first-order valence-corrected chi connectivity index (χ1v) is 11.9. The van der Waals surface area contributed by atoms with Gasteiger partial charge in [0.1, 0.15) is 5.60 Å². The number of rotatable bonds is 8. The standard InChI is InChI=1S/C20H32O2Si/c1-4-23(5-2,6-3)22-20(17-21,18-13-9-7-10-14-18)19-15-11-8-12-16-19/h7,9-10,13-14,17,19H,4-6,8,11-12,15-16H2,1-3H3. The van der Waals surface area contributed by atoms with Crippen molar-refractivity contribution in [3.05, 3.63) is 35.9 Å². The van der Waals surface area contributed by atoms with E-state index in [1.165, 1.54) is 19.3 Å². The van der Waals surface area contributed by atoms with Gasteiger partial charge in [-0.3, -0.25) is 4.79 Å². The lowest BCUT2D eigenvalue weighted by Crippen LogP contribution is -2.51. The molecule has 2 rings (SSSR count). The summed E-state index contributed by atoms with van der Waals surface area (Å²) in [5, 5.41) is 0. The molecule has 1 unspecified atom stereocenters. The van der Waals surface area contributed by atoms with Crippen LogP contribution in [0.4, 0.5) is 0 Å². The zero-order valence-electron chi connectivity index (χ0n) is 15.0. The first-order valence-electron chi connectivity index (χ1n) is 9.38. The summed E-state index contributed by atoms with van der Waals surface area (Å²) in [6.07, 6.45) is 7.08. The number of hydrogen-bond donors (Lipinski definition) is 0. The molecule has 0 aliphatic heterocycles. The molecule has 0 saturated heterocycles. The fraction of sp³-hybridized carbons (Fsp3) is 0.650. The van der Waals surface area contributed by atoms with E-state index in [2.05, 4.69) is 32.9 Å². The Balaban J connectivity index is 2.47. The fourth-order valence-corrected chi connectivity index (χ4v) is 7.10. The molecule has 23 heavy (non-hydrogen) atoms. The van der Waals surface area contributed by atoms with Gasteiger partial charge in [0, 0.05) is 0 Å². The van der Waals surface area contributed by atoms with Crippen molar-refractivity contribution in [1.29, 1.82) is 0 Å². The second-order valence-corrected chi connectivity index (χ2v) is 11.6. The van der Waals surface area contributed by atoms with Crippen molar-refractivity contribution in [3.63, 3.8) is 0 Å². The second-order valence-electron chi connectivity index (χ2n) is 6.96. The molecule has 1 aromatic carbocycles. The van der Waals surface area contributed by atoms with Crippen LogP contribution >= 0.6 is 0 Å². The van der Waals surface area contributed by atoms with E-state index in [0.29, 0.717) is 5.92 Å². The Bertz CT molecular complexity index is 469. The summed E-state index contributed by atoms with van der Waals surface area (Å²) in [6, 6.07) is 13.5. The molecule has 0 N–H and O–H groups in total. The van der Waals surface area contributed by atoms with Gasteiger partial charge in [-0.05, 0) is 42.5 Å². The van der Waals surface area contributed by atoms with Crippen molar-refractivity contribution in [2.24, 2.45) is 5.92 Å². The fourth-order valence-electron chi connectivity index (χ4n) is 4.12. The monoisotopic (exact) mass is 332 g/mol. The predicted octanol–water partition coefficient (Wildman–Crippen LogP) is 5.68. The van der Waals surface area contributed by atoms with Gasteiger partial charge in [0.2, 0.25) is 0 Å². The highest BCUT2D eigenvalue weighted by atomic mass is 28.4. The van der Waals surface area contributed by atoms with E-state index in [-0.39, 0.29) is 0 Å². The molecule has 128 valence electrons. The topological polar surface area (TPSA) is 26.3 Å². The molecule has 0 aromatic heterocycles. The molecule has 0 amide bonds. The molecule has 1 fully saturated rings. The summed E-state index contributed by atoms with van der Waals surface area (Å²) in [7, 11) is -1.87. The SMILES string of the molecule is CC[Si](CC)(CC)OC(C=O)(c1ccccc1)C1CCCCC1. The minimum Gasteiger partial charge on any atom is -0.401 e. The average molecular weight is 333 g/mol. The summed E-state index contributed by atoms with van der Waals surface area (Å²) in [5.41, 5.74) is 0.338. The predicted molar refractivity (Wildman–Crippen MR) is 99.0 cm³/mol. The molecule has 1 aliphatic rings. The van der Waals surface area contributed by atoms with Gasteiger partial charge in [-0.25, -0.2) is 0 Å². The molecule has 1 saturated carbocycles. The maximum atomic E-state index is 12.4. The summed E-state index contributed by atoms with van der Waals surface area (Å²) >= 11 is 0. The zero-order valence-corrected chi connectivity index (χ0v) is 16.0. The highest BCUT2D eigenvalue weighted by molar-refractivity contribution is 6.73. The van der Waals surface area contributed by atoms with Crippen LogP contribution in [0.3, 0.4) is 0 Å². The Kier molecular flexibility index (Phi) is 6.60. The maximum Gasteiger partial charge on any atom is 0.193 e. The number of aldehydes is 1. The van der Waals surface area contributed by atoms with Gasteiger partial charge in [0.15, 0.2) is 14.6 Å². The third-order valence-corrected chi connectivity index (χ3v) is 10.6. The van der Waals surface area contributed by atoms with Crippen LogP contribution in [0, 0.1) is 5.92 Å². The lowest BCUT2D eigenvalue weighted by Gasteiger charge is -2.45. The Morgan fingerprint density at radius 1 is 1.04 bits per heavy atom. The van der Waals surface area contributed by atoms with E-state index in [1.807, 2.05) is 18.2 Å². The van der Waals surface area contributed by atoms with Crippen molar-refractivity contribution in [2.75, 3.05) is 0 Å². The highest BCUT2D eigenvalue weighted by Gasteiger charge is 2.47. The molecule has 0 heterocycles. The number of carbonyl (C=O) groups excluding carboxylic acids is 1. The molecule has 0 radical (unpaired) electrons. The molecule has 3 heteroatoms. The van der Waals surface area contributed by atoms with E-state index < -0.39 is 13.9 Å². The van der Waals surface area contributed by atoms with Crippen LogP contribution in [0.5, 0.6) is 0 Å². The minimum atomic E-state index is -1.87. The summed E-state index contributed by atoms with van der Waals surface area (Å²) in [6.45, 7) is 6.71. The molecule has 1 atom stereocenters. The van der Waals surface area contributed by atoms with Crippen LogP contribution in [0.1, 0.15) is 58.4 Å². The van der Waals surface area contributed by atoms with E-state index >= 15 is 0 Å². The molecule has 1 aliphatic carbocycles. The van der Waals surface area contributed by atoms with Crippen LogP contribution < -0.4 is 0 Å². The third kappa shape index (κ3) is 3.77.